The summed E-state index contributed by atoms with van der Waals surface area (Å²) in [4.78, 5) is 17.8. The number of nitrogens with zero attached hydrogens (tertiary/aromatic N) is 4. The van der Waals surface area contributed by atoms with Crippen molar-refractivity contribution in [2.45, 2.75) is 25.3 Å². The van der Waals surface area contributed by atoms with Crippen molar-refractivity contribution in [3.05, 3.63) is 101 Å². The zero-order valence-electron chi connectivity index (χ0n) is 21.9. The second kappa shape index (κ2) is 10.2. The van der Waals surface area contributed by atoms with Gasteiger partial charge in [-0.3, -0.25) is 4.79 Å². The number of benzene rings is 3. The van der Waals surface area contributed by atoms with Crippen LogP contribution >= 0.6 is 0 Å². The SMILES string of the molecule is CN(C)c1ccc(C=C2CCCC3C2=NN(C(=O)c2cccc(F)c2)C3c2ccc(N(C)C)cc2)cc1. The van der Waals surface area contributed by atoms with Crippen LogP contribution in [-0.4, -0.2) is 44.8 Å². The van der Waals surface area contributed by atoms with E-state index in [1.807, 2.05) is 28.2 Å². The van der Waals surface area contributed by atoms with E-state index >= 15 is 0 Å². The molecule has 6 heteroatoms. The average Bonchev–Trinajstić information content (AvgIpc) is 3.29. The van der Waals surface area contributed by atoms with Gasteiger partial charge in [0.25, 0.3) is 5.91 Å². The molecule has 1 aliphatic carbocycles. The molecule has 5 nitrogen and oxygen atoms in total. The number of carbonyl (C=O) groups is 1. The lowest BCUT2D eigenvalue weighted by Gasteiger charge is -2.30. The summed E-state index contributed by atoms with van der Waals surface area (Å²) in [7, 11) is 8.08. The van der Waals surface area contributed by atoms with Gasteiger partial charge in [-0.2, -0.15) is 5.10 Å². The van der Waals surface area contributed by atoms with Crippen LogP contribution in [0.3, 0.4) is 0 Å². The van der Waals surface area contributed by atoms with E-state index in [2.05, 4.69) is 64.4 Å². The fourth-order valence-corrected chi connectivity index (χ4v) is 5.29. The lowest BCUT2D eigenvalue weighted by atomic mass is 9.77. The lowest BCUT2D eigenvalue weighted by molar-refractivity contribution is 0.0680. The Labute approximate surface area is 218 Å². The normalized spacial score (nSPS) is 20.0. The topological polar surface area (TPSA) is 39.1 Å². The Morgan fingerprint density at radius 2 is 1.59 bits per heavy atom. The third-order valence-corrected chi connectivity index (χ3v) is 7.28. The van der Waals surface area contributed by atoms with Crippen molar-refractivity contribution >= 4 is 29.1 Å². The number of hydrazone groups is 1. The Kier molecular flexibility index (Phi) is 6.83. The summed E-state index contributed by atoms with van der Waals surface area (Å²) >= 11 is 0. The van der Waals surface area contributed by atoms with Crippen LogP contribution in [0.15, 0.2) is 83.5 Å². The van der Waals surface area contributed by atoms with Gasteiger partial charge in [-0.05, 0) is 84.5 Å². The van der Waals surface area contributed by atoms with Crippen LogP contribution in [0.4, 0.5) is 15.8 Å². The van der Waals surface area contributed by atoms with Crippen LogP contribution in [0.2, 0.25) is 0 Å². The van der Waals surface area contributed by atoms with Gasteiger partial charge in [0.1, 0.15) is 5.82 Å². The summed E-state index contributed by atoms with van der Waals surface area (Å²) in [5, 5.41) is 6.54. The van der Waals surface area contributed by atoms with Crippen molar-refractivity contribution in [1.29, 1.82) is 0 Å². The van der Waals surface area contributed by atoms with Crippen molar-refractivity contribution in [3.8, 4) is 0 Å². The summed E-state index contributed by atoms with van der Waals surface area (Å²) in [5.74, 6) is -0.620. The van der Waals surface area contributed by atoms with Gasteiger partial charge in [0.15, 0.2) is 0 Å². The summed E-state index contributed by atoms with van der Waals surface area (Å²) in [6.07, 6.45) is 5.09. The molecule has 3 aromatic rings. The molecule has 3 aromatic carbocycles. The predicted molar refractivity (Wildman–Crippen MR) is 150 cm³/mol. The second-order valence-corrected chi connectivity index (χ2v) is 10.2. The molecular weight excluding hydrogens is 463 g/mol. The van der Waals surface area contributed by atoms with Crippen molar-refractivity contribution < 1.29 is 9.18 Å². The highest BCUT2D eigenvalue weighted by Crippen LogP contribution is 2.45. The van der Waals surface area contributed by atoms with Crippen LogP contribution in [0.5, 0.6) is 0 Å². The molecule has 2 atom stereocenters. The van der Waals surface area contributed by atoms with E-state index in [4.69, 9.17) is 5.10 Å². The zero-order chi connectivity index (χ0) is 26.1. The number of halogens is 1. The molecule has 0 saturated heterocycles. The molecular formula is C31H33FN4O. The minimum absolute atomic E-state index is 0.0868. The van der Waals surface area contributed by atoms with E-state index in [-0.39, 0.29) is 17.9 Å². The Morgan fingerprint density at radius 3 is 2.22 bits per heavy atom. The first-order valence-corrected chi connectivity index (χ1v) is 12.7. The quantitative estimate of drug-likeness (QED) is 0.411. The van der Waals surface area contributed by atoms with E-state index < -0.39 is 5.82 Å². The monoisotopic (exact) mass is 496 g/mol. The van der Waals surface area contributed by atoms with Crippen LogP contribution in [0.1, 0.15) is 46.8 Å². The van der Waals surface area contributed by atoms with Gasteiger partial charge in [0, 0.05) is 51.0 Å². The predicted octanol–water partition coefficient (Wildman–Crippen LogP) is 6.39. The van der Waals surface area contributed by atoms with Gasteiger partial charge in [-0.1, -0.05) is 30.3 Å². The minimum Gasteiger partial charge on any atom is -0.378 e. The zero-order valence-corrected chi connectivity index (χ0v) is 21.9. The van der Waals surface area contributed by atoms with Crippen molar-refractivity contribution in [2.75, 3.05) is 38.0 Å². The Balaban J connectivity index is 1.55. The van der Waals surface area contributed by atoms with E-state index in [1.54, 1.807) is 17.1 Å². The van der Waals surface area contributed by atoms with Gasteiger partial charge < -0.3 is 9.80 Å². The molecule has 1 amide bonds. The highest BCUT2D eigenvalue weighted by molar-refractivity contribution is 6.09. The first kappa shape index (κ1) is 24.8. The maximum absolute atomic E-state index is 14.0. The Bertz CT molecular complexity index is 1340. The molecule has 2 aliphatic rings. The minimum atomic E-state index is -0.427. The van der Waals surface area contributed by atoms with Crippen LogP contribution in [0, 0.1) is 11.7 Å². The Morgan fingerprint density at radius 1 is 0.946 bits per heavy atom. The standard InChI is InChI=1S/C31H33FN4O/c1-34(2)26-15-11-21(12-16-26)19-23-7-6-10-28-29(23)33-36(31(37)24-8-5-9-25(32)20-24)30(28)22-13-17-27(18-14-22)35(3)4/h5,8-9,11-20,28,30H,6-7,10H2,1-4H3. The molecule has 1 heterocycles. The number of allylic oxidation sites excluding steroid dienone is 1. The summed E-state index contributed by atoms with van der Waals surface area (Å²) < 4.78 is 14.0. The molecule has 0 spiro atoms. The van der Waals surface area contributed by atoms with Gasteiger partial charge >= 0.3 is 0 Å². The maximum atomic E-state index is 14.0. The first-order chi connectivity index (χ1) is 17.8. The number of rotatable bonds is 5. The Hall–Kier alpha value is -3.93. The van der Waals surface area contributed by atoms with Crippen molar-refractivity contribution in [3.63, 3.8) is 0 Å². The van der Waals surface area contributed by atoms with Crippen molar-refractivity contribution in [2.24, 2.45) is 11.0 Å². The van der Waals surface area contributed by atoms with Gasteiger partial charge in [-0.25, -0.2) is 9.40 Å². The summed E-state index contributed by atoms with van der Waals surface area (Å²) in [5.41, 5.74) is 6.84. The van der Waals surface area contributed by atoms with Gasteiger partial charge in [0.05, 0.1) is 11.8 Å². The lowest BCUT2D eigenvalue weighted by Crippen LogP contribution is -2.32. The summed E-state index contributed by atoms with van der Waals surface area (Å²) in [6, 6.07) is 22.4. The smallest absolute Gasteiger partial charge is 0.274 e. The fraction of sp³-hybridized carbons (Fsp3) is 0.290. The first-order valence-electron chi connectivity index (χ1n) is 12.7. The molecule has 0 N–H and O–H groups in total. The van der Waals surface area contributed by atoms with Crippen LogP contribution in [0.25, 0.3) is 6.08 Å². The second-order valence-electron chi connectivity index (χ2n) is 10.2. The van der Waals surface area contributed by atoms with Crippen LogP contribution < -0.4 is 9.80 Å². The maximum Gasteiger partial charge on any atom is 0.274 e. The number of anilines is 2. The number of amides is 1. The third kappa shape index (κ3) is 5.01. The third-order valence-electron chi connectivity index (χ3n) is 7.28. The molecule has 37 heavy (non-hydrogen) atoms. The van der Waals surface area contributed by atoms with Crippen LogP contribution in [-0.2, 0) is 0 Å². The molecule has 0 radical (unpaired) electrons. The average molecular weight is 497 g/mol. The molecule has 0 aromatic heterocycles. The molecule has 1 aliphatic heterocycles. The van der Waals surface area contributed by atoms with E-state index in [9.17, 15) is 9.18 Å². The molecule has 1 saturated carbocycles. The number of fused-ring (bicyclic) bond motifs is 1. The fourth-order valence-electron chi connectivity index (χ4n) is 5.29. The van der Waals surface area contributed by atoms with E-state index in [1.165, 1.54) is 17.7 Å². The summed E-state index contributed by atoms with van der Waals surface area (Å²) in [6.45, 7) is 0. The number of hydrogen-bond acceptors (Lipinski definition) is 4. The highest BCUT2D eigenvalue weighted by atomic mass is 19.1. The number of hydrogen-bond donors (Lipinski definition) is 0. The molecule has 190 valence electrons. The number of carbonyl (C=O) groups excluding carboxylic acids is 1. The van der Waals surface area contributed by atoms with Crippen molar-refractivity contribution in [1.82, 2.24) is 5.01 Å². The van der Waals surface area contributed by atoms with Gasteiger partial charge in [0.2, 0.25) is 0 Å². The molecule has 0 bridgehead atoms. The van der Waals surface area contributed by atoms with E-state index in [0.717, 1.165) is 47.5 Å². The molecule has 1 fully saturated rings. The largest absolute Gasteiger partial charge is 0.378 e. The molecule has 5 rings (SSSR count). The molecule has 2 unspecified atom stereocenters. The van der Waals surface area contributed by atoms with Gasteiger partial charge in [-0.15, -0.1) is 0 Å². The van der Waals surface area contributed by atoms with E-state index in [0.29, 0.717) is 5.56 Å². The highest BCUT2D eigenvalue weighted by Gasteiger charge is 2.44.